The molecule has 1 unspecified atom stereocenters. The Morgan fingerprint density at radius 1 is 1.53 bits per heavy atom. The predicted molar refractivity (Wildman–Crippen MR) is 55.3 cm³/mol. The number of hydrogen-bond donors (Lipinski definition) is 1. The van der Waals surface area contributed by atoms with E-state index in [9.17, 15) is 9.59 Å². The van der Waals surface area contributed by atoms with Gasteiger partial charge in [0.15, 0.2) is 6.04 Å². The van der Waals surface area contributed by atoms with Crippen molar-refractivity contribution < 1.29 is 19.1 Å². The van der Waals surface area contributed by atoms with Crippen LogP contribution in [0, 0.1) is 0 Å². The van der Waals surface area contributed by atoms with E-state index in [-0.39, 0.29) is 12.5 Å². The molecule has 1 atom stereocenters. The number of amides is 1. The van der Waals surface area contributed by atoms with Gasteiger partial charge in [0.2, 0.25) is 5.91 Å². The summed E-state index contributed by atoms with van der Waals surface area (Å²) in [5.74, 6) is -0.804. The second-order valence-corrected chi connectivity index (χ2v) is 2.93. The largest absolute Gasteiger partial charge is 0.467 e. The number of methoxy groups -OCH3 is 1. The van der Waals surface area contributed by atoms with Crippen molar-refractivity contribution in [1.82, 2.24) is 5.32 Å². The van der Waals surface area contributed by atoms with Gasteiger partial charge in [0, 0.05) is 6.92 Å². The third-order valence-electron chi connectivity index (χ3n) is 1.61. The van der Waals surface area contributed by atoms with Gasteiger partial charge in [-0.25, -0.2) is 4.79 Å². The minimum atomic E-state index is -0.739. The van der Waals surface area contributed by atoms with Crippen LogP contribution in [0.4, 0.5) is 0 Å². The van der Waals surface area contributed by atoms with Crippen LogP contribution < -0.4 is 5.32 Å². The lowest BCUT2D eigenvalue weighted by Crippen LogP contribution is -2.43. The Balaban J connectivity index is 3.95. The van der Waals surface area contributed by atoms with Crippen molar-refractivity contribution in [3.8, 4) is 0 Å². The van der Waals surface area contributed by atoms with E-state index in [1.54, 1.807) is 6.08 Å². The zero-order valence-corrected chi connectivity index (χ0v) is 9.12. The third-order valence-corrected chi connectivity index (χ3v) is 1.61. The van der Waals surface area contributed by atoms with Crippen molar-refractivity contribution in [3.05, 3.63) is 12.7 Å². The molecule has 0 saturated carbocycles. The molecular weight excluding hydrogens is 198 g/mol. The smallest absolute Gasteiger partial charge is 0.330 e. The van der Waals surface area contributed by atoms with Crippen molar-refractivity contribution >= 4 is 11.9 Å². The van der Waals surface area contributed by atoms with E-state index < -0.39 is 12.0 Å². The molecule has 1 N–H and O–H groups in total. The summed E-state index contributed by atoms with van der Waals surface area (Å²) >= 11 is 0. The molecule has 0 heterocycles. The SMILES string of the molecule is C=CCCOCC(NC(C)=O)C(=O)OC. The van der Waals surface area contributed by atoms with Gasteiger partial charge in [-0.1, -0.05) is 6.08 Å². The quantitative estimate of drug-likeness (QED) is 0.376. The second-order valence-electron chi connectivity index (χ2n) is 2.93. The monoisotopic (exact) mass is 215 g/mol. The molecule has 86 valence electrons. The maximum Gasteiger partial charge on any atom is 0.330 e. The van der Waals surface area contributed by atoms with E-state index in [0.717, 1.165) is 0 Å². The molecule has 0 aromatic heterocycles. The molecule has 0 aliphatic carbocycles. The second kappa shape index (κ2) is 7.99. The number of carbonyl (C=O) groups excluding carboxylic acids is 2. The molecule has 15 heavy (non-hydrogen) atoms. The standard InChI is InChI=1S/C10H17NO4/c1-4-5-6-15-7-9(10(13)14-3)11-8(2)12/h4,9H,1,5-7H2,2-3H3,(H,11,12). The van der Waals surface area contributed by atoms with Crippen LogP contribution in [-0.4, -0.2) is 38.2 Å². The lowest BCUT2D eigenvalue weighted by molar-refractivity contribution is -0.146. The first-order valence-corrected chi connectivity index (χ1v) is 4.65. The van der Waals surface area contributed by atoms with Gasteiger partial charge in [-0.05, 0) is 6.42 Å². The van der Waals surface area contributed by atoms with Crippen molar-refractivity contribution in [2.24, 2.45) is 0 Å². The van der Waals surface area contributed by atoms with E-state index in [0.29, 0.717) is 13.0 Å². The fraction of sp³-hybridized carbons (Fsp3) is 0.600. The highest BCUT2D eigenvalue weighted by molar-refractivity contribution is 5.83. The van der Waals surface area contributed by atoms with Gasteiger partial charge in [0.1, 0.15) is 0 Å². The molecule has 0 rings (SSSR count). The van der Waals surface area contributed by atoms with E-state index >= 15 is 0 Å². The fourth-order valence-electron chi connectivity index (χ4n) is 0.924. The maximum absolute atomic E-state index is 11.2. The Hall–Kier alpha value is -1.36. The zero-order valence-electron chi connectivity index (χ0n) is 9.12. The van der Waals surface area contributed by atoms with Crippen molar-refractivity contribution in [3.63, 3.8) is 0 Å². The van der Waals surface area contributed by atoms with Gasteiger partial charge in [-0.2, -0.15) is 0 Å². The predicted octanol–water partition coefficient (Wildman–Crippen LogP) is 0.257. The first-order chi connectivity index (χ1) is 7.11. The summed E-state index contributed by atoms with van der Waals surface area (Å²) in [6.07, 6.45) is 2.42. The van der Waals surface area contributed by atoms with Gasteiger partial charge in [0.05, 0.1) is 20.3 Å². The summed E-state index contributed by atoms with van der Waals surface area (Å²) in [5.41, 5.74) is 0. The number of ether oxygens (including phenoxy) is 2. The highest BCUT2D eigenvalue weighted by Gasteiger charge is 2.19. The molecule has 0 spiro atoms. The van der Waals surface area contributed by atoms with Crippen LogP contribution in [0.3, 0.4) is 0 Å². The number of esters is 1. The number of rotatable bonds is 7. The van der Waals surface area contributed by atoms with E-state index in [1.165, 1.54) is 14.0 Å². The molecule has 0 radical (unpaired) electrons. The Morgan fingerprint density at radius 3 is 2.67 bits per heavy atom. The minimum Gasteiger partial charge on any atom is -0.467 e. The van der Waals surface area contributed by atoms with Crippen LogP contribution in [0.25, 0.3) is 0 Å². The Morgan fingerprint density at radius 2 is 2.20 bits per heavy atom. The molecule has 0 bridgehead atoms. The summed E-state index contributed by atoms with van der Waals surface area (Å²) in [4.78, 5) is 21.9. The summed E-state index contributed by atoms with van der Waals surface area (Å²) < 4.78 is 9.69. The van der Waals surface area contributed by atoms with Crippen molar-refractivity contribution in [1.29, 1.82) is 0 Å². The Kier molecular flexibility index (Phi) is 7.27. The van der Waals surface area contributed by atoms with Crippen LogP contribution in [-0.2, 0) is 19.1 Å². The van der Waals surface area contributed by atoms with E-state index in [1.807, 2.05) is 0 Å². The minimum absolute atomic E-state index is 0.111. The molecule has 1 amide bonds. The van der Waals surface area contributed by atoms with Crippen molar-refractivity contribution in [2.75, 3.05) is 20.3 Å². The summed E-state index contributed by atoms with van der Waals surface area (Å²) in [6.45, 7) is 5.45. The van der Waals surface area contributed by atoms with Crippen LogP contribution in [0.5, 0.6) is 0 Å². The number of nitrogens with one attached hydrogen (secondary N) is 1. The third kappa shape index (κ3) is 6.68. The van der Waals surface area contributed by atoms with Gasteiger partial charge >= 0.3 is 5.97 Å². The van der Waals surface area contributed by atoms with Gasteiger partial charge in [-0.15, -0.1) is 6.58 Å². The normalized spacial score (nSPS) is 11.6. The topological polar surface area (TPSA) is 64.6 Å². The molecule has 5 heteroatoms. The van der Waals surface area contributed by atoms with Crippen molar-refractivity contribution in [2.45, 2.75) is 19.4 Å². The number of carbonyl (C=O) groups is 2. The number of hydrogen-bond acceptors (Lipinski definition) is 4. The first-order valence-electron chi connectivity index (χ1n) is 4.65. The molecular formula is C10H17NO4. The Labute approximate surface area is 89.4 Å². The van der Waals surface area contributed by atoms with Crippen LogP contribution in [0.2, 0.25) is 0 Å². The lowest BCUT2D eigenvalue weighted by Gasteiger charge is -2.15. The maximum atomic E-state index is 11.2. The summed E-state index contributed by atoms with van der Waals surface area (Å²) in [6, 6.07) is -0.739. The van der Waals surface area contributed by atoms with Gasteiger partial charge in [0.25, 0.3) is 0 Å². The van der Waals surface area contributed by atoms with Gasteiger partial charge < -0.3 is 14.8 Å². The average molecular weight is 215 g/mol. The van der Waals surface area contributed by atoms with Crippen LogP contribution >= 0.6 is 0 Å². The van der Waals surface area contributed by atoms with Crippen LogP contribution in [0.15, 0.2) is 12.7 Å². The molecule has 0 aliphatic heterocycles. The van der Waals surface area contributed by atoms with E-state index in [2.05, 4.69) is 16.6 Å². The molecule has 0 saturated heterocycles. The summed E-state index contributed by atoms with van der Waals surface area (Å²) in [5, 5.41) is 2.44. The highest BCUT2D eigenvalue weighted by atomic mass is 16.5. The molecule has 5 nitrogen and oxygen atoms in total. The first kappa shape index (κ1) is 13.6. The molecule has 0 aromatic carbocycles. The zero-order chi connectivity index (χ0) is 11.7. The average Bonchev–Trinajstić information content (AvgIpc) is 2.21. The Bertz CT molecular complexity index is 227. The van der Waals surface area contributed by atoms with Gasteiger partial charge in [-0.3, -0.25) is 4.79 Å². The summed E-state index contributed by atoms with van der Waals surface area (Å²) in [7, 11) is 1.26. The highest BCUT2D eigenvalue weighted by Crippen LogP contribution is 1.92. The molecule has 0 aromatic rings. The van der Waals surface area contributed by atoms with Crippen LogP contribution in [0.1, 0.15) is 13.3 Å². The molecule has 0 fully saturated rings. The molecule has 0 aliphatic rings. The fourth-order valence-corrected chi connectivity index (χ4v) is 0.924. The lowest BCUT2D eigenvalue weighted by atomic mass is 10.3. The van der Waals surface area contributed by atoms with E-state index in [4.69, 9.17) is 4.74 Å².